The summed E-state index contributed by atoms with van der Waals surface area (Å²) in [4.78, 5) is 0. The van der Waals surface area contributed by atoms with Gasteiger partial charge in [-0.25, -0.2) is 0 Å². The lowest BCUT2D eigenvalue weighted by Crippen LogP contribution is -2.51. The van der Waals surface area contributed by atoms with E-state index in [2.05, 4.69) is 0 Å². The van der Waals surface area contributed by atoms with Crippen molar-refractivity contribution in [2.75, 3.05) is 13.2 Å². The number of aliphatic hydroxyl groups excluding tert-OH is 3. The molecule has 0 spiro atoms. The monoisotopic (exact) mass is 173 g/mol. The van der Waals surface area contributed by atoms with Gasteiger partial charge in [-0.15, -0.1) is 0 Å². The molecule has 0 amide bonds. The summed E-state index contributed by atoms with van der Waals surface area (Å²) >= 11 is 0. The summed E-state index contributed by atoms with van der Waals surface area (Å²) < 4.78 is 4.93. The zero-order valence-electron chi connectivity index (χ0n) is 6.42. The molecule has 5 nitrogen and oxygen atoms in total. The van der Waals surface area contributed by atoms with Gasteiger partial charge in [0.15, 0.2) is 0 Å². The van der Waals surface area contributed by atoms with Gasteiger partial charge in [-0.2, -0.15) is 5.26 Å². The van der Waals surface area contributed by atoms with E-state index >= 15 is 0 Å². The Morgan fingerprint density at radius 3 is 2.58 bits per heavy atom. The third-order valence-electron chi connectivity index (χ3n) is 1.98. The maximum absolute atomic E-state index is 9.28. The Kier molecular flexibility index (Phi) is 3.00. The van der Waals surface area contributed by atoms with Crippen LogP contribution in [0.1, 0.15) is 0 Å². The summed E-state index contributed by atoms with van der Waals surface area (Å²) in [6.45, 7) is -0.295. The van der Waals surface area contributed by atoms with Gasteiger partial charge in [-0.1, -0.05) is 0 Å². The Bertz CT molecular complexity index is 190. The SMILES string of the molecule is N#C[C@H]1CO[C@@H](CO)[C@H](O)[C@@H]1O. The van der Waals surface area contributed by atoms with Crippen LogP contribution in [-0.4, -0.2) is 46.8 Å². The molecule has 0 aliphatic carbocycles. The van der Waals surface area contributed by atoms with Crippen LogP contribution in [0.5, 0.6) is 0 Å². The fraction of sp³-hybridized carbons (Fsp3) is 0.857. The molecule has 1 fully saturated rings. The van der Waals surface area contributed by atoms with E-state index in [9.17, 15) is 10.2 Å². The van der Waals surface area contributed by atoms with Crippen molar-refractivity contribution in [1.82, 2.24) is 0 Å². The number of rotatable bonds is 1. The van der Waals surface area contributed by atoms with Crippen molar-refractivity contribution in [1.29, 1.82) is 5.26 Å². The molecule has 0 bridgehead atoms. The van der Waals surface area contributed by atoms with Gasteiger partial charge in [0.2, 0.25) is 0 Å². The zero-order chi connectivity index (χ0) is 9.14. The standard InChI is InChI=1S/C7H11NO4/c8-1-4-3-12-5(2-9)7(11)6(4)10/h4-7,9-11H,2-3H2/t4-,5-,6+,7-/m0/s1. The average molecular weight is 173 g/mol. The molecule has 1 aliphatic rings. The van der Waals surface area contributed by atoms with E-state index in [4.69, 9.17) is 15.1 Å². The van der Waals surface area contributed by atoms with E-state index in [0.717, 1.165) is 0 Å². The number of nitrogens with zero attached hydrogens (tertiary/aromatic N) is 1. The van der Waals surface area contributed by atoms with Gasteiger partial charge in [-0.05, 0) is 0 Å². The third kappa shape index (κ3) is 1.57. The van der Waals surface area contributed by atoms with Crippen LogP contribution in [0.15, 0.2) is 0 Å². The Morgan fingerprint density at radius 2 is 2.08 bits per heavy atom. The first-order valence-corrected chi connectivity index (χ1v) is 3.69. The zero-order valence-corrected chi connectivity index (χ0v) is 6.42. The second-order valence-electron chi connectivity index (χ2n) is 2.77. The summed E-state index contributed by atoms with van der Waals surface area (Å²) in [5, 5.41) is 35.7. The maximum Gasteiger partial charge on any atom is 0.110 e. The van der Waals surface area contributed by atoms with Crippen LogP contribution >= 0.6 is 0 Å². The van der Waals surface area contributed by atoms with Gasteiger partial charge in [0, 0.05) is 0 Å². The molecule has 0 aromatic heterocycles. The van der Waals surface area contributed by atoms with Crippen molar-refractivity contribution in [2.45, 2.75) is 18.3 Å². The van der Waals surface area contributed by atoms with E-state index in [0.29, 0.717) is 0 Å². The maximum atomic E-state index is 9.28. The van der Waals surface area contributed by atoms with E-state index in [1.807, 2.05) is 6.07 Å². The van der Waals surface area contributed by atoms with Crippen molar-refractivity contribution in [3.63, 3.8) is 0 Å². The minimum Gasteiger partial charge on any atom is -0.394 e. The van der Waals surface area contributed by atoms with Crippen molar-refractivity contribution in [2.24, 2.45) is 5.92 Å². The molecule has 5 heteroatoms. The van der Waals surface area contributed by atoms with Crippen molar-refractivity contribution in [3.05, 3.63) is 0 Å². The molecule has 68 valence electrons. The summed E-state index contributed by atoms with van der Waals surface area (Å²) in [5.74, 6) is -0.706. The van der Waals surface area contributed by atoms with Gasteiger partial charge in [0.25, 0.3) is 0 Å². The summed E-state index contributed by atoms with van der Waals surface area (Å²) in [7, 11) is 0. The van der Waals surface area contributed by atoms with Gasteiger partial charge >= 0.3 is 0 Å². The van der Waals surface area contributed by atoms with Crippen molar-refractivity contribution >= 4 is 0 Å². The highest BCUT2D eigenvalue weighted by atomic mass is 16.5. The predicted molar refractivity (Wildman–Crippen MR) is 37.9 cm³/mol. The number of nitriles is 1. The lowest BCUT2D eigenvalue weighted by atomic mass is 9.94. The molecular formula is C7H11NO4. The summed E-state index contributed by atoms with van der Waals surface area (Å²) in [6, 6.07) is 1.81. The largest absolute Gasteiger partial charge is 0.394 e. The quantitative estimate of drug-likeness (QED) is 0.436. The second kappa shape index (κ2) is 3.83. The number of aliphatic hydroxyl groups is 3. The topological polar surface area (TPSA) is 93.7 Å². The van der Waals surface area contributed by atoms with Crippen LogP contribution in [-0.2, 0) is 4.74 Å². The van der Waals surface area contributed by atoms with Gasteiger partial charge in [-0.3, -0.25) is 0 Å². The van der Waals surface area contributed by atoms with E-state index in [1.165, 1.54) is 0 Å². The highest BCUT2D eigenvalue weighted by molar-refractivity contribution is 4.96. The average Bonchev–Trinajstić information content (AvgIpc) is 2.10. The van der Waals surface area contributed by atoms with Crippen LogP contribution in [0, 0.1) is 17.2 Å². The van der Waals surface area contributed by atoms with Crippen LogP contribution in [0.4, 0.5) is 0 Å². The highest BCUT2D eigenvalue weighted by Gasteiger charge is 2.37. The molecule has 1 aliphatic heterocycles. The molecule has 1 saturated heterocycles. The molecule has 0 aromatic carbocycles. The first-order valence-electron chi connectivity index (χ1n) is 3.69. The molecule has 0 radical (unpaired) electrons. The Labute approximate surface area is 69.8 Å². The fourth-order valence-electron chi connectivity index (χ4n) is 1.16. The molecule has 0 saturated carbocycles. The normalized spacial score (nSPS) is 42.2. The third-order valence-corrected chi connectivity index (χ3v) is 1.98. The molecule has 1 rings (SSSR count). The second-order valence-corrected chi connectivity index (χ2v) is 2.77. The molecular weight excluding hydrogens is 162 g/mol. The van der Waals surface area contributed by atoms with E-state index in [-0.39, 0.29) is 13.2 Å². The lowest BCUT2D eigenvalue weighted by Gasteiger charge is -2.33. The predicted octanol–water partition coefficient (Wildman–Crippen LogP) is -1.76. The molecule has 0 unspecified atom stereocenters. The van der Waals surface area contributed by atoms with Gasteiger partial charge in [0.1, 0.15) is 18.3 Å². The van der Waals surface area contributed by atoms with Gasteiger partial charge < -0.3 is 20.1 Å². The summed E-state index contributed by atoms with van der Waals surface area (Å²) in [5.41, 5.74) is 0. The molecule has 1 heterocycles. The minimum atomic E-state index is -1.17. The van der Waals surface area contributed by atoms with Crippen molar-refractivity contribution in [3.8, 4) is 6.07 Å². The molecule has 0 aromatic rings. The van der Waals surface area contributed by atoms with Crippen LogP contribution in [0.3, 0.4) is 0 Å². The van der Waals surface area contributed by atoms with Crippen LogP contribution in [0.2, 0.25) is 0 Å². The van der Waals surface area contributed by atoms with Gasteiger partial charge in [0.05, 0.1) is 25.2 Å². The minimum absolute atomic E-state index is 0.0555. The van der Waals surface area contributed by atoms with E-state index in [1.54, 1.807) is 0 Å². The number of ether oxygens (including phenoxy) is 1. The Morgan fingerprint density at radius 1 is 1.42 bits per heavy atom. The first-order chi connectivity index (χ1) is 5.70. The van der Waals surface area contributed by atoms with Crippen molar-refractivity contribution < 1.29 is 20.1 Å². The number of hydrogen-bond acceptors (Lipinski definition) is 5. The fourth-order valence-corrected chi connectivity index (χ4v) is 1.16. The summed E-state index contributed by atoms with van der Waals surface area (Å²) in [6.07, 6.45) is -3.07. The Balaban J connectivity index is 2.60. The van der Waals surface area contributed by atoms with Crippen LogP contribution < -0.4 is 0 Å². The Hall–Kier alpha value is -0.670. The van der Waals surface area contributed by atoms with E-state index < -0.39 is 24.2 Å². The molecule has 4 atom stereocenters. The molecule has 12 heavy (non-hydrogen) atoms. The number of hydrogen-bond donors (Lipinski definition) is 3. The molecule has 3 N–H and O–H groups in total. The highest BCUT2D eigenvalue weighted by Crippen LogP contribution is 2.19. The smallest absolute Gasteiger partial charge is 0.110 e. The van der Waals surface area contributed by atoms with Crippen LogP contribution in [0.25, 0.3) is 0 Å². The lowest BCUT2D eigenvalue weighted by molar-refractivity contribution is -0.163. The first kappa shape index (κ1) is 9.42.